The molecule has 2 amide bonds. The van der Waals surface area contributed by atoms with Crippen LogP contribution in [0.4, 0.5) is 4.79 Å². The van der Waals surface area contributed by atoms with E-state index in [1.165, 1.54) is 19.2 Å². The van der Waals surface area contributed by atoms with E-state index in [0.29, 0.717) is 77.7 Å². The Balaban J connectivity index is 1.41. The first-order valence-corrected chi connectivity index (χ1v) is 12.4. The van der Waals surface area contributed by atoms with Crippen LogP contribution in [0.15, 0.2) is 24.5 Å². The van der Waals surface area contributed by atoms with E-state index in [1.54, 1.807) is 7.11 Å². The fraction of sp³-hybridized carbons (Fsp3) is 0.462. The molecule has 2 aliphatic rings. The van der Waals surface area contributed by atoms with Gasteiger partial charge in [0.25, 0.3) is 5.91 Å². The molecule has 36 heavy (non-hydrogen) atoms. The van der Waals surface area contributed by atoms with Crippen LogP contribution in [0.5, 0.6) is 11.5 Å². The Hall–Kier alpha value is -3.82. The van der Waals surface area contributed by atoms with E-state index in [2.05, 4.69) is 25.6 Å². The van der Waals surface area contributed by atoms with Crippen LogP contribution in [0.3, 0.4) is 0 Å². The van der Waals surface area contributed by atoms with E-state index in [1.807, 2.05) is 25.1 Å². The van der Waals surface area contributed by atoms with E-state index in [9.17, 15) is 9.59 Å². The highest BCUT2D eigenvalue weighted by molar-refractivity contribution is 6.09. The van der Waals surface area contributed by atoms with Crippen molar-refractivity contribution in [3.8, 4) is 22.8 Å². The van der Waals surface area contributed by atoms with Gasteiger partial charge in [-0.25, -0.2) is 14.8 Å². The number of nitrogens with zero attached hydrogens (tertiary/aromatic N) is 2. The largest absolute Gasteiger partial charge is 0.497 e. The fourth-order valence-corrected chi connectivity index (χ4v) is 4.86. The summed E-state index contributed by atoms with van der Waals surface area (Å²) in [6.45, 7) is 2.51. The van der Waals surface area contributed by atoms with Crippen molar-refractivity contribution in [2.45, 2.75) is 57.5 Å². The Kier molecular flexibility index (Phi) is 6.67. The average molecular weight is 494 g/mol. The summed E-state index contributed by atoms with van der Waals surface area (Å²) in [7, 11) is 1.62. The van der Waals surface area contributed by atoms with Crippen LogP contribution in [-0.4, -0.2) is 57.9 Å². The lowest BCUT2D eigenvalue weighted by Crippen LogP contribution is -2.43. The molecule has 2 heterocycles. The summed E-state index contributed by atoms with van der Waals surface area (Å²) in [6, 6.07) is 5.56. The zero-order valence-corrected chi connectivity index (χ0v) is 20.5. The van der Waals surface area contributed by atoms with Crippen LogP contribution in [-0.2, 0) is 0 Å². The molecule has 0 radical (unpaired) electrons. The highest BCUT2D eigenvalue weighted by atomic mass is 16.5. The number of aryl methyl sites for hydroxylation is 1. The van der Waals surface area contributed by atoms with Gasteiger partial charge in [-0.1, -0.05) is 0 Å². The minimum absolute atomic E-state index is 0.0178. The SMILES string of the molecule is COc1ccc(OCC2CC2)c(-c2ncnc3c(C(=O)NC4CCC(NC(=O)O)CC4)c(C)[nH]c23)c1. The molecule has 0 bridgehead atoms. The third-order valence-corrected chi connectivity index (χ3v) is 7.00. The fourth-order valence-electron chi connectivity index (χ4n) is 4.86. The predicted molar refractivity (Wildman–Crippen MR) is 134 cm³/mol. The molecule has 0 saturated heterocycles. The molecular formula is C26H31N5O5. The Morgan fingerprint density at radius 3 is 2.47 bits per heavy atom. The molecule has 2 fully saturated rings. The second kappa shape index (κ2) is 10.0. The van der Waals surface area contributed by atoms with Crippen LogP contribution in [0.1, 0.15) is 54.6 Å². The van der Waals surface area contributed by atoms with Crippen molar-refractivity contribution in [1.29, 1.82) is 0 Å². The van der Waals surface area contributed by atoms with Crippen LogP contribution in [0.2, 0.25) is 0 Å². The van der Waals surface area contributed by atoms with Crippen molar-refractivity contribution < 1.29 is 24.2 Å². The van der Waals surface area contributed by atoms with Gasteiger partial charge in [0.2, 0.25) is 0 Å². The molecule has 0 aliphatic heterocycles. The zero-order chi connectivity index (χ0) is 25.2. The maximum absolute atomic E-state index is 13.3. The normalized spacial score (nSPS) is 19.6. The number of nitrogens with one attached hydrogen (secondary N) is 3. The zero-order valence-electron chi connectivity index (χ0n) is 20.5. The molecular weight excluding hydrogens is 462 g/mol. The number of fused-ring (bicyclic) bond motifs is 1. The number of amides is 2. The number of methoxy groups -OCH3 is 1. The average Bonchev–Trinajstić information content (AvgIpc) is 3.63. The third kappa shape index (κ3) is 5.07. The minimum Gasteiger partial charge on any atom is -0.497 e. The predicted octanol–water partition coefficient (Wildman–Crippen LogP) is 4.04. The summed E-state index contributed by atoms with van der Waals surface area (Å²) in [4.78, 5) is 36.5. The van der Waals surface area contributed by atoms with Crippen LogP contribution in [0, 0.1) is 12.8 Å². The van der Waals surface area contributed by atoms with Gasteiger partial charge in [0, 0.05) is 23.3 Å². The number of aromatic nitrogens is 3. The number of H-pyrrole nitrogens is 1. The van der Waals surface area contributed by atoms with Gasteiger partial charge in [0.05, 0.1) is 24.8 Å². The van der Waals surface area contributed by atoms with Crippen LogP contribution < -0.4 is 20.1 Å². The summed E-state index contributed by atoms with van der Waals surface area (Å²) >= 11 is 0. The van der Waals surface area contributed by atoms with Crippen molar-refractivity contribution in [3.63, 3.8) is 0 Å². The van der Waals surface area contributed by atoms with Gasteiger partial charge in [-0.2, -0.15) is 0 Å². The molecule has 0 spiro atoms. The number of hydrogen-bond donors (Lipinski definition) is 4. The summed E-state index contributed by atoms with van der Waals surface area (Å²) in [6.07, 6.45) is 5.64. The van der Waals surface area contributed by atoms with E-state index in [4.69, 9.17) is 14.6 Å². The molecule has 2 aliphatic carbocycles. The number of benzene rings is 1. The van der Waals surface area contributed by atoms with Crippen LogP contribution >= 0.6 is 0 Å². The van der Waals surface area contributed by atoms with E-state index in [-0.39, 0.29) is 18.0 Å². The maximum Gasteiger partial charge on any atom is 0.404 e. The summed E-state index contributed by atoms with van der Waals surface area (Å²) in [5.41, 5.74) is 3.83. The number of carbonyl (C=O) groups is 2. The molecule has 190 valence electrons. The number of aromatic amines is 1. The molecule has 3 aromatic rings. The first-order valence-electron chi connectivity index (χ1n) is 12.4. The standard InChI is InChI=1S/C26H31N5O5/c1-14-21(25(32)30-16-5-7-17(8-6-16)31-26(33)34)23-24(29-14)22(27-13-28-23)19-11-18(35-2)9-10-20(19)36-12-15-3-4-15/h9-11,13,15-17,29,31H,3-8,12H2,1-2H3,(H,30,32)(H,33,34). The number of carbonyl (C=O) groups excluding carboxylic acids is 1. The molecule has 2 saturated carbocycles. The first kappa shape index (κ1) is 23.9. The third-order valence-electron chi connectivity index (χ3n) is 7.00. The number of ether oxygens (including phenoxy) is 2. The lowest BCUT2D eigenvalue weighted by Gasteiger charge is -2.28. The van der Waals surface area contributed by atoms with Crippen LogP contribution in [0.25, 0.3) is 22.3 Å². The summed E-state index contributed by atoms with van der Waals surface area (Å²) in [5.74, 6) is 1.80. The second-order valence-corrected chi connectivity index (χ2v) is 9.66. The first-order chi connectivity index (χ1) is 17.4. The number of rotatable bonds is 8. The lowest BCUT2D eigenvalue weighted by molar-refractivity contribution is 0.0924. The summed E-state index contributed by atoms with van der Waals surface area (Å²) in [5, 5.41) is 14.6. The highest BCUT2D eigenvalue weighted by Gasteiger charge is 2.27. The maximum atomic E-state index is 13.3. The Bertz CT molecular complexity index is 1280. The molecule has 10 heteroatoms. The molecule has 4 N–H and O–H groups in total. The van der Waals surface area contributed by atoms with Gasteiger partial charge in [-0.05, 0) is 69.6 Å². The number of hydrogen-bond acceptors (Lipinski definition) is 6. The van der Waals surface area contributed by atoms with Crippen molar-refractivity contribution in [2.24, 2.45) is 5.92 Å². The Morgan fingerprint density at radius 1 is 1.08 bits per heavy atom. The van der Waals surface area contributed by atoms with Gasteiger partial charge in [-0.3, -0.25) is 4.79 Å². The smallest absolute Gasteiger partial charge is 0.404 e. The molecule has 2 aromatic heterocycles. The second-order valence-electron chi connectivity index (χ2n) is 9.66. The van der Waals surface area contributed by atoms with Crippen molar-refractivity contribution in [1.82, 2.24) is 25.6 Å². The monoisotopic (exact) mass is 493 g/mol. The quantitative estimate of drug-likeness (QED) is 0.371. The van der Waals surface area contributed by atoms with E-state index in [0.717, 1.165) is 5.56 Å². The van der Waals surface area contributed by atoms with E-state index < -0.39 is 6.09 Å². The molecule has 0 unspecified atom stereocenters. The van der Waals surface area contributed by atoms with Crippen molar-refractivity contribution >= 4 is 23.0 Å². The molecule has 0 atom stereocenters. The molecule has 10 nitrogen and oxygen atoms in total. The lowest BCUT2D eigenvalue weighted by atomic mass is 9.91. The van der Waals surface area contributed by atoms with E-state index >= 15 is 0 Å². The molecule has 5 rings (SSSR count). The minimum atomic E-state index is -1.01. The van der Waals surface area contributed by atoms with Gasteiger partial charge >= 0.3 is 6.09 Å². The van der Waals surface area contributed by atoms with Gasteiger partial charge in [-0.15, -0.1) is 0 Å². The van der Waals surface area contributed by atoms with Gasteiger partial charge < -0.3 is 30.2 Å². The highest BCUT2D eigenvalue weighted by Crippen LogP contribution is 2.38. The van der Waals surface area contributed by atoms with Gasteiger partial charge in [0.1, 0.15) is 29.0 Å². The Labute approximate surface area is 208 Å². The molecule has 1 aromatic carbocycles. The van der Waals surface area contributed by atoms with Crippen molar-refractivity contribution in [3.05, 3.63) is 35.8 Å². The topological polar surface area (TPSA) is 138 Å². The Morgan fingerprint density at radius 2 is 1.81 bits per heavy atom. The van der Waals surface area contributed by atoms with Gasteiger partial charge in [0.15, 0.2) is 0 Å². The summed E-state index contributed by atoms with van der Waals surface area (Å²) < 4.78 is 11.6. The van der Waals surface area contributed by atoms with Crippen molar-refractivity contribution in [2.75, 3.05) is 13.7 Å². The number of carboxylic acid groups (broad SMARTS) is 1.